The van der Waals surface area contributed by atoms with Crippen molar-refractivity contribution >= 4 is 29.0 Å². The van der Waals surface area contributed by atoms with E-state index in [2.05, 4.69) is 54.9 Å². The van der Waals surface area contributed by atoms with Crippen molar-refractivity contribution in [2.24, 2.45) is 17.1 Å². The smallest absolute Gasteiger partial charge is 0.372 e. The minimum atomic E-state index is -4.86. The van der Waals surface area contributed by atoms with Crippen LogP contribution in [0.1, 0.15) is 77.6 Å². The Hall–Kier alpha value is -4.23. The first-order chi connectivity index (χ1) is 20.5. The monoisotopic (exact) mass is 616 g/mol. The van der Waals surface area contributed by atoms with Gasteiger partial charge in [-0.3, -0.25) is 14.4 Å². The Labute approximate surface area is 255 Å². The molecule has 0 radical (unpaired) electrons. The molecule has 1 aromatic heterocycles. The molecule has 4 rings (SSSR count). The number of nitrogens with zero attached hydrogens (tertiary/aromatic N) is 4. The maximum Gasteiger partial charge on any atom is 0.470 e. The second-order valence-electron chi connectivity index (χ2n) is 12.0. The molecule has 1 aliphatic carbocycles. The fourth-order valence-corrected chi connectivity index (χ4v) is 4.91. The molecule has 2 fully saturated rings. The number of nitrogens with two attached hydrogens (primary N) is 1. The lowest BCUT2D eigenvalue weighted by Gasteiger charge is -2.40. The van der Waals surface area contributed by atoms with E-state index in [0.717, 1.165) is 31.3 Å². The molecule has 3 N–H and O–H groups in total. The van der Waals surface area contributed by atoms with Gasteiger partial charge in [0.05, 0.1) is 30.4 Å². The standard InChI is InChI=1S/C16H29NO2.C13H8N4O.C2H2F3NO/c1-12-10-17(11-15(12,3)4)14(18)9-13(2)19-16(5)7-6-8-16;1-2-9-4-3-5-10-7-16-17-13(12(9)10)11(6-14)15-8-18;3-2(4,5)1(6)7/h12-13H,6-11H2,1-5H3;1,3-5,7-8,11H,(H,15,18);(H2,6,7)/t12-,13+;;/m0../s1. The van der Waals surface area contributed by atoms with Gasteiger partial charge in [0.2, 0.25) is 12.3 Å². The van der Waals surface area contributed by atoms with Crippen molar-refractivity contribution in [1.29, 1.82) is 5.26 Å². The highest BCUT2D eigenvalue weighted by Gasteiger charge is 2.40. The molecule has 13 heteroatoms. The van der Waals surface area contributed by atoms with E-state index < -0.39 is 18.1 Å². The number of nitriles is 1. The first kappa shape index (κ1) is 36.0. The number of halogens is 3. The normalized spacial score (nSPS) is 19.3. The van der Waals surface area contributed by atoms with Crippen molar-refractivity contribution in [3.8, 4) is 18.4 Å². The molecule has 238 valence electrons. The van der Waals surface area contributed by atoms with Crippen LogP contribution in [0, 0.1) is 35.0 Å². The van der Waals surface area contributed by atoms with Crippen LogP contribution in [0.25, 0.3) is 10.8 Å². The minimum absolute atomic E-state index is 0.0387. The zero-order chi connectivity index (χ0) is 33.3. The molecule has 1 saturated heterocycles. The number of hydrogen-bond donors (Lipinski definition) is 2. The molecule has 0 spiro atoms. The summed E-state index contributed by atoms with van der Waals surface area (Å²) in [6.45, 7) is 12.7. The Morgan fingerprint density at radius 1 is 1.32 bits per heavy atom. The highest BCUT2D eigenvalue weighted by atomic mass is 19.4. The lowest BCUT2D eigenvalue weighted by Crippen LogP contribution is -2.41. The van der Waals surface area contributed by atoms with E-state index in [1.165, 1.54) is 6.42 Å². The Morgan fingerprint density at radius 3 is 2.41 bits per heavy atom. The van der Waals surface area contributed by atoms with E-state index in [-0.39, 0.29) is 23.0 Å². The second kappa shape index (κ2) is 15.0. The van der Waals surface area contributed by atoms with Gasteiger partial charge >= 0.3 is 12.1 Å². The van der Waals surface area contributed by atoms with Gasteiger partial charge in [-0.1, -0.05) is 38.8 Å². The van der Waals surface area contributed by atoms with E-state index in [0.29, 0.717) is 35.4 Å². The number of alkyl halides is 3. The Balaban J connectivity index is 0.000000254. The number of carbonyl (C=O) groups is 3. The van der Waals surface area contributed by atoms with Crippen LogP contribution in [0.4, 0.5) is 13.2 Å². The van der Waals surface area contributed by atoms with Crippen LogP contribution in [0.2, 0.25) is 0 Å². The number of primary amides is 1. The van der Waals surface area contributed by atoms with E-state index in [4.69, 9.17) is 21.2 Å². The lowest BCUT2D eigenvalue weighted by molar-refractivity contribution is -0.169. The van der Waals surface area contributed by atoms with Crippen LogP contribution in [0.5, 0.6) is 0 Å². The molecule has 2 aliphatic rings. The van der Waals surface area contributed by atoms with Crippen LogP contribution in [-0.2, 0) is 19.1 Å². The summed E-state index contributed by atoms with van der Waals surface area (Å²) in [6, 6.07) is 6.46. The summed E-state index contributed by atoms with van der Waals surface area (Å²) in [5, 5.41) is 20.6. The van der Waals surface area contributed by atoms with Gasteiger partial charge < -0.3 is 20.7 Å². The van der Waals surface area contributed by atoms with Gasteiger partial charge in [-0.05, 0) is 50.5 Å². The quantitative estimate of drug-likeness (QED) is 0.350. The van der Waals surface area contributed by atoms with Gasteiger partial charge in [0.15, 0.2) is 6.04 Å². The third kappa shape index (κ3) is 9.64. The lowest BCUT2D eigenvalue weighted by atomic mass is 9.81. The number of terminal acetylenes is 1. The van der Waals surface area contributed by atoms with Gasteiger partial charge in [0.1, 0.15) is 5.69 Å². The summed E-state index contributed by atoms with van der Waals surface area (Å²) < 4.78 is 38.1. The Morgan fingerprint density at radius 2 is 1.95 bits per heavy atom. The molecule has 2 heterocycles. The number of likely N-dealkylation sites (tertiary alicyclic amines) is 1. The van der Waals surface area contributed by atoms with E-state index in [9.17, 15) is 22.8 Å². The largest absolute Gasteiger partial charge is 0.470 e. The summed E-state index contributed by atoms with van der Waals surface area (Å²) in [5.74, 6) is 1.12. The van der Waals surface area contributed by atoms with Crippen molar-refractivity contribution < 1.29 is 32.3 Å². The summed E-state index contributed by atoms with van der Waals surface area (Å²) in [7, 11) is 0. The number of hydrogen-bond acceptors (Lipinski definition) is 7. The molecule has 1 aromatic carbocycles. The van der Waals surface area contributed by atoms with E-state index in [1.807, 2.05) is 24.0 Å². The fourth-order valence-electron chi connectivity index (χ4n) is 4.91. The van der Waals surface area contributed by atoms with Crippen molar-refractivity contribution in [2.75, 3.05) is 13.1 Å². The van der Waals surface area contributed by atoms with E-state index >= 15 is 0 Å². The molecular formula is C31H39F3N6O4. The predicted octanol–water partition coefficient (Wildman–Crippen LogP) is 4.18. The molecule has 0 bridgehead atoms. The molecule has 3 atom stereocenters. The number of carbonyl (C=O) groups excluding carboxylic acids is 3. The number of nitrogens with one attached hydrogen (secondary N) is 1. The van der Waals surface area contributed by atoms with Crippen molar-refractivity contribution in [1.82, 2.24) is 20.4 Å². The zero-order valence-corrected chi connectivity index (χ0v) is 25.6. The number of ether oxygens (including phenoxy) is 1. The number of amides is 3. The van der Waals surface area contributed by atoms with Gasteiger partial charge in [-0.15, -0.1) is 6.42 Å². The SMILES string of the molecule is C#Cc1cccc2cnnc(C(C#N)NC=O)c12.C[C@H](CC(=O)N1C[C@H](C)C(C)(C)C1)OC1(C)CCC1.NC(=O)C(F)(F)F. The fraction of sp³-hybridized carbons (Fsp3) is 0.548. The summed E-state index contributed by atoms with van der Waals surface area (Å²) >= 11 is 0. The molecule has 10 nitrogen and oxygen atoms in total. The maximum atomic E-state index is 12.3. The number of aromatic nitrogens is 2. The number of fused-ring (bicyclic) bond motifs is 1. The van der Waals surface area contributed by atoms with E-state index in [1.54, 1.807) is 18.3 Å². The number of rotatable bonds is 7. The average Bonchev–Trinajstić information content (AvgIpc) is 3.22. The second-order valence-corrected chi connectivity index (χ2v) is 12.0. The highest BCUT2D eigenvalue weighted by Crippen LogP contribution is 2.37. The van der Waals surface area contributed by atoms with Crippen molar-refractivity contribution in [3.63, 3.8) is 0 Å². The van der Waals surface area contributed by atoms with Gasteiger partial charge in [0, 0.05) is 29.4 Å². The maximum absolute atomic E-state index is 12.3. The van der Waals surface area contributed by atoms with Crippen molar-refractivity contribution in [2.45, 2.75) is 84.2 Å². The van der Waals surface area contributed by atoms with Gasteiger partial charge in [-0.25, -0.2) is 0 Å². The van der Waals surface area contributed by atoms with Crippen LogP contribution >= 0.6 is 0 Å². The average molecular weight is 617 g/mol. The Bertz CT molecular complexity index is 1410. The van der Waals surface area contributed by atoms with Crippen molar-refractivity contribution in [3.05, 3.63) is 35.7 Å². The molecule has 1 saturated carbocycles. The summed E-state index contributed by atoms with van der Waals surface area (Å²) in [5.41, 5.74) is 5.07. The van der Waals surface area contributed by atoms with Crippen LogP contribution in [0.15, 0.2) is 24.4 Å². The minimum Gasteiger partial charge on any atom is -0.372 e. The number of benzene rings is 1. The molecule has 2 aromatic rings. The molecule has 1 unspecified atom stereocenters. The molecule has 1 aliphatic heterocycles. The van der Waals surface area contributed by atoms with Gasteiger partial charge in [-0.2, -0.15) is 28.6 Å². The summed E-state index contributed by atoms with van der Waals surface area (Å²) in [4.78, 5) is 34.0. The first-order valence-electron chi connectivity index (χ1n) is 14.1. The van der Waals surface area contributed by atoms with Crippen LogP contribution in [-0.4, -0.2) is 64.3 Å². The van der Waals surface area contributed by atoms with Gasteiger partial charge in [0.25, 0.3) is 0 Å². The zero-order valence-electron chi connectivity index (χ0n) is 25.6. The first-order valence-corrected chi connectivity index (χ1v) is 14.1. The predicted molar refractivity (Wildman–Crippen MR) is 157 cm³/mol. The summed E-state index contributed by atoms with van der Waals surface area (Å²) in [6.07, 6.45) is 6.68. The van der Waals surface area contributed by atoms with Crippen LogP contribution in [0.3, 0.4) is 0 Å². The highest BCUT2D eigenvalue weighted by molar-refractivity contribution is 5.90. The topological polar surface area (TPSA) is 151 Å². The molecule has 44 heavy (non-hydrogen) atoms. The molecular weight excluding hydrogens is 577 g/mol. The third-order valence-electron chi connectivity index (χ3n) is 7.93. The molecule has 3 amide bonds. The third-order valence-corrected chi connectivity index (χ3v) is 7.93. The Kier molecular flexibility index (Phi) is 12.2. The van der Waals surface area contributed by atoms with Crippen LogP contribution < -0.4 is 11.1 Å².